The zero-order chi connectivity index (χ0) is 17.3. The van der Waals surface area contributed by atoms with Crippen LogP contribution in [0.15, 0.2) is 42.5 Å². The lowest BCUT2D eigenvalue weighted by molar-refractivity contribution is -0.137. The van der Waals surface area contributed by atoms with Crippen molar-refractivity contribution in [3.05, 3.63) is 42.5 Å². The van der Waals surface area contributed by atoms with Crippen LogP contribution < -0.4 is 5.32 Å². The first-order chi connectivity index (χ1) is 12.2. The van der Waals surface area contributed by atoms with E-state index in [9.17, 15) is 9.59 Å². The van der Waals surface area contributed by atoms with E-state index in [1.165, 1.54) is 0 Å². The van der Waals surface area contributed by atoms with E-state index >= 15 is 0 Å². The van der Waals surface area contributed by atoms with Gasteiger partial charge in [-0.25, -0.2) is 0 Å². The number of para-hydroxylation sites is 1. The van der Waals surface area contributed by atoms with E-state index in [2.05, 4.69) is 17.5 Å². The Morgan fingerprint density at radius 2 is 1.84 bits per heavy atom. The van der Waals surface area contributed by atoms with Crippen LogP contribution in [0.5, 0.6) is 0 Å². The molecule has 2 aliphatic carbocycles. The smallest absolute Gasteiger partial charge is 0.228 e. The van der Waals surface area contributed by atoms with Crippen molar-refractivity contribution in [2.45, 2.75) is 38.5 Å². The van der Waals surface area contributed by atoms with E-state index in [-0.39, 0.29) is 23.2 Å². The minimum atomic E-state index is 0.113. The molecule has 1 aliphatic heterocycles. The van der Waals surface area contributed by atoms with Gasteiger partial charge in [0.25, 0.3) is 0 Å². The van der Waals surface area contributed by atoms with Gasteiger partial charge in [0.2, 0.25) is 11.8 Å². The highest BCUT2D eigenvalue weighted by Gasteiger charge is 2.58. The van der Waals surface area contributed by atoms with Crippen LogP contribution in [0.1, 0.15) is 38.5 Å². The van der Waals surface area contributed by atoms with E-state index in [0.29, 0.717) is 5.91 Å². The number of piperidine rings is 1. The number of allylic oxidation sites excluding steroid dienone is 2. The maximum atomic E-state index is 12.7. The van der Waals surface area contributed by atoms with Gasteiger partial charge in [0.1, 0.15) is 0 Å². The molecule has 1 heterocycles. The van der Waals surface area contributed by atoms with E-state index < -0.39 is 0 Å². The minimum absolute atomic E-state index is 0.113. The second kappa shape index (κ2) is 6.66. The van der Waals surface area contributed by atoms with Gasteiger partial charge in [-0.3, -0.25) is 9.59 Å². The SMILES string of the molecule is O=C(Nc1ccccc1)C1CC12CCN(C(=O)C1CC=CCC1)CC2. The molecule has 4 nitrogen and oxygen atoms in total. The minimum Gasteiger partial charge on any atom is -0.342 e. The number of anilines is 1. The summed E-state index contributed by atoms with van der Waals surface area (Å²) in [5.74, 6) is 0.756. The third-order valence-corrected chi connectivity index (χ3v) is 6.24. The van der Waals surface area contributed by atoms with Crippen molar-refractivity contribution in [3.8, 4) is 0 Å². The zero-order valence-corrected chi connectivity index (χ0v) is 14.6. The molecule has 1 aromatic carbocycles. The molecule has 132 valence electrons. The molecule has 25 heavy (non-hydrogen) atoms. The summed E-state index contributed by atoms with van der Waals surface area (Å²) in [4.78, 5) is 27.2. The first-order valence-corrected chi connectivity index (χ1v) is 9.48. The average Bonchev–Trinajstić information content (AvgIpc) is 3.37. The predicted molar refractivity (Wildman–Crippen MR) is 97.9 cm³/mol. The largest absolute Gasteiger partial charge is 0.342 e. The van der Waals surface area contributed by atoms with Crippen LogP contribution in [0.4, 0.5) is 5.69 Å². The fraction of sp³-hybridized carbons (Fsp3) is 0.524. The monoisotopic (exact) mass is 338 g/mol. The Labute approximate surface area is 149 Å². The maximum absolute atomic E-state index is 12.7. The Kier molecular flexibility index (Phi) is 4.36. The van der Waals surface area contributed by atoms with Gasteiger partial charge in [0.15, 0.2) is 0 Å². The second-order valence-corrected chi connectivity index (χ2v) is 7.78. The number of benzene rings is 1. The Hall–Kier alpha value is -2.10. The molecule has 2 unspecified atom stereocenters. The number of rotatable bonds is 3. The third kappa shape index (κ3) is 3.35. The predicted octanol–water partition coefficient (Wildman–Crippen LogP) is 3.61. The first kappa shape index (κ1) is 16.4. The number of hydrogen-bond acceptors (Lipinski definition) is 2. The van der Waals surface area contributed by atoms with Crippen molar-refractivity contribution in [1.82, 2.24) is 4.90 Å². The summed E-state index contributed by atoms with van der Waals surface area (Å²) in [5, 5.41) is 3.03. The number of likely N-dealkylation sites (tertiary alicyclic amines) is 1. The summed E-state index contributed by atoms with van der Waals surface area (Å²) in [6, 6.07) is 9.66. The molecular weight excluding hydrogens is 312 g/mol. The van der Waals surface area contributed by atoms with Crippen molar-refractivity contribution >= 4 is 17.5 Å². The Bertz CT molecular complexity index is 674. The molecule has 1 aromatic rings. The van der Waals surface area contributed by atoms with E-state index in [4.69, 9.17) is 0 Å². The van der Waals surface area contributed by atoms with E-state index in [1.54, 1.807) is 0 Å². The van der Waals surface area contributed by atoms with Crippen LogP contribution in [0.2, 0.25) is 0 Å². The van der Waals surface area contributed by atoms with Crippen LogP contribution in [-0.4, -0.2) is 29.8 Å². The molecule has 1 N–H and O–H groups in total. The van der Waals surface area contributed by atoms with Gasteiger partial charge in [-0.05, 0) is 56.1 Å². The van der Waals surface area contributed by atoms with Crippen molar-refractivity contribution in [1.29, 1.82) is 0 Å². The van der Waals surface area contributed by atoms with Crippen LogP contribution in [0.3, 0.4) is 0 Å². The summed E-state index contributed by atoms with van der Waals surface area (Å²) in [7, 11) is 0. The summed E-state index contributed by atoms with van der Waals surface area (Å²) in [6.07, 6.45) is 10.1. The van der Waals surface area contributed by atoms with Gasteiger partial charge < -0.3 is 10.2 Å². The lowest BCUT2D eigenvalue weighted by Gasteiger charge is -2.35. The molecule has 1 saturated carbocycles. The van der Waals surface area contributed by atoms with Crippen molar-refractivity contribution in [3.63, 3.8) is 0 Å². The van der Waals surface area contributed by atoms with Crippen LogP contribution in [0.25, 0.3) is 0 Å². The zero-order valence-electron chi connectivity index (χ0n) is 14.6. The number of hydrogen-bond donors (Lipinski definition) is 1. The summed E-state index contributed by atoms with van der Waals surface area (Å²) in [5.41, 5.74) is 1.01. The quantitative estimate of drug-likeness (QED) is 0.856. The van der Waals surface area contributed by atoms with Crippen LogP contribution in [-0.2, 0) is 9.59 Å². The normalized spacial score (nSPS) is 27.1. The third-order valence-electron chi connectivity index (χ3n) is 6.24. The molecule has 0 bridgehead atoms. The molecule has 0 radical (unpaired) electrons. The maximum Gasteiger partial charge on any atom is 0.228 e. The molecule has 2 fully saturated rings. The van der Waals surface area contributed by atoms with Gasteiger partial charge in [0, 0.05) is 30.6 Å². The molecule has 2 atom stereocenters. The van der Waals surface area contributed by atoms with E-state index in [1.807, 2.05) is 35.2 Å². The van der Waals surface area contributed by atoms with Gasteiger partial charge in [0.05, 0.1) is 0 Å². The standard InChI is InChI=1S/C21H26N2O2/c24-19(22-17-9-5-2-6-10-17)18-15-21(18)11-13-23(14-12-21)20(25)16-7-3-1-4-8-16/h1-3,5-6,9-10,16,18H,4,7-8,11-15H2,(H,22,24). The lowest BCUT2D eigenvalue weighted by Crippen LogP contribution is -2.43. The Morgan fingerprint density at radius 1 is 1.08 bits per heavy atom. The van der Waals surface area contributed by atoms with Gasteiger partial charge in [-0.15, -0.1) is 0 Å². The highest BCUT2D eigenvalue weighted by molar-refractivity contribution is 5.95. The number of nitrogens with one attached hydrogen (secondary N) is 1. The average molecular weight is 338 g/mol. The fourth-order valence-electron chi connectivity index (χ4n) is 4.47. The van der Waals surface area contributed by atoms with Gasteiger partial charge >= 0.3 is 0 Å². The molecule has 1 saturated heterocycles. The molecule has 0 aromatic heterocycles. The summed E-state index contributed by atoms with van der Waals surface area (Å²) < 4.78 is 0. The lowest BCUT2D eigenvalue weighted by atomic mass is 9.88. The molecular formula is C21H26N2O2. The number of nitrogens with zero attached hydrogens (tertiary/aromatic N) is 1. The van der Waals surface area contributed by atoms with Crippen molar-refractivity contribution in [2.24, 2.45) is 17.3 Å². The van der Waals surface area contributed by atoms with E-state index in [0.717, 1.165) is 57.3 Å². The first-order valence-electron chi connectivity index (χ1n) is 9.48. The fourth-order valence-corrected chi connectivity index (χ4v) is 4.47. The molecule has 2 amide bonds. The van der Waals surface area contributed by atoms with Gasteiger partial charge in [-0.1, -0.05) is 30.4 Å². The second-order valence-electron chi connectivity index (χ2n) is 7.78. The van der Waals surface area contributed by atoms with Crippen molar-refractivity contribution in [2.75, 3.05) is 18.4 Å². The highest BCUT2D eigenvalue weighted by Crippen LogP contribution is 2.59. The highest BCUT2D eigenvalue weighted by atomic mass is 16.2. The summed E-state index contributed by atoms with van der Waals surface area (Å²) >= 11 is 0. The van der Waals surface area contributed by atoms with Crippen LogP contribution >= 0.6 is 0 Å². The van der Waals surface area contributed by atoms with Crippen molar-refractivity contribution < 1.29 is 9.59 Å². The van der Waals surface area contributed by atoms with Crippen LogP contribution in [0, 0.1) is 17.3 Å². The number of amides is 2. The molecule has 4 heteroatoms. The Morgan fingerprint density at radius 3 is 2.52 bits per heavy atom. The number of carbonyl (C=O) groups excluding carboxylic acids is 2. The molecule has 3 aliphatic rings. The topological polar surface area (TPSA) is 49.4 Å². The Balaban J connectivity index is 1.30. The number of carbonyl (C=O) groups is 2. The molecule has 4 rings (SSSR count). The molecule has 1 spiro atoms. The summed E-state index contributed by atoms with van der Waals surface area (Å²) in [6.45, 7) is 1.63. The van der Waals surface area contributed by atoms with Gasteiger partial charge in [-0.2, -0.15) is 0 Å².